The van der Waals surface area contributed by atoms with E-state index < -0.39 is 0 Å². The summed E-state index contributed by atoms with van der Waals surface area (Å²) >= 11 is 0. The van der Waals surface area contributed by atoms with Gasteiger partial charge in [0, 0.05) is 18.0 Å². The third-order valence-corrected chi connectivity index (χ3v) is 3.29. The van der Waals surface area contributed by atoms with Gasteiger partial charge in [-0.05, 0) is 22.3 Å². The number of hydrogen-bond donors (Lipinski definition) is 1. The molecule has 20 heavy (non-hydrogen) atoms. The number of aliphatic hydroxyl groups is 1. The Labute approximate surface area is 117 Å². The molecule has 98 valence electrons. The second kappa shape index (κ2) is 5.63. The van der Waals surface area contributed by atoms with Crippen molar-refractivity contribution in [3.05, 3.63) is 72.8 Å². The third kappa shape index (κ3) is 2.31. The molecule has 0 aliphatic carbocycles. The van der Waals surface area contributed by atoms with Crippen LogP contribution in [0.3, 0.4) is 0 Å². The molecule has 1 aromatic heterocycles. The molecule has 3 heteroatoms. The minimum absolute atomic E-state index is 0.0186. The number of hydrogen-bond acceptors (Lipinski definition) is 3. The summed E-state index contributed by atoms with van der Waals surface area (Å²) in [5, 5.41) is 9.78. The number of aromatic nitrogens is 2. The quantitative estimate of drug-likeness (QED) is 0.787. The molecule has 1 N–H and O–H groups in total. The van der Waals surface area contributed by atoms with Crippen LogP contribution in [0.5, 0.6) is 0 Å². The highest BCUT2D eigenvalue weighted by atomic mass is 16.3. The molecule has 0 saturated carbocycles. The van der Waals surface area contributed by atoms with Crippen LogP contribution in [0.2, 0.25) is 0 Å². The predicted molar refractivity (Wildman–Crippen MR) is 78.8 cm³/mol. The lowest BCUT2D eigenvalue weighted by atomic mass is 9.93. The largest absolute Gasteiger partial charge is 0.392 e. The van der Waals surface area contributed by atoms with E-state index in [1.807, 2.05) is 48.5 Å². The van der Waals surface area contributed by atoms with E-state index in [9.17, 15) is 5.11 Å². The van der Waals surface area contributed by atoms with Crippen LogP contribution in [0, 0.1) is 0 Å². The lowest BCUT2D eigenvalue weighted by molar-refractivity contribution is 0.283. The zero-order valence-corrected chi connectivity index (χ0v) is 10.9. The maximum atomic E-state index is 9.78. The molecule has 0 unspecified atom stereocenters. The Morgan fingerprint density at radius 1 is 0.750 bits per heavy atom. The molecule has 2 aromatic carbocycles. The van der Waals surface area contributed by atoms with Crippen molar-refractivity contribution >= 4 is 0 Å². The average molecular weight is 262 g/mol. The first-order valence-corrected chi connectivity index (χ1v) is 6.43. The molecule has 0 spiro atoms. The van der Waals surface area contributed by atoms with Crippen LogP contribution in [0.1, 0.15) is 5.56 Å². The Morgan fingerprint density at radius 2 is 1.40 bits per heavy atom. The van der Waals surface area contributed by atoms with Gasteiger partial charge >= 0.3 is 0 Å². The van der Waals surface area contributed by atoms with Crippen molar-refractivity contribution in [1.82, 2.24) is 9.97 Å². The van der Waals surface area contributed by atoms with E-state index in [1.165, 1.54) is 6.33 Å². The number of rotatable bonds is 3. The first-order chi connectivity index (χ1) is 9.90. The highest BCUT2D eigenvalue weighted by molar-refractivity contribution is 5.77. The summed E-state index contributed by atoms with van der Waals surface area (Å²) in [5.41, 5.74) is 4.90. The van der Waals surface area contributed by atoms with Gasteiger partial charge in [-0.3, -0.25) is 0 Å². The normalized spacial score (nSPS) is 10.4. The summed E-state index contributed by atoms with van der Waals surface area (Å²) in [7, 11) is 0. The summed E-state index contributed by atoms with van der Waals surface area (Å²) in [4.78, 5) is 8.09. The van der Waals surface area contributed by atoms with Gasteiger partial charge in [-0.2, -0.15) is 0 Å². The summed E-state index contributed by atoms with van der Waals surface area (Å²) < 4.78 is 0. The molecule has 0 radical (unpaired) electrons. The van der Waals surface area contributed by atoms with E-state index in [-0.39, 0.29) is 6.61 Å². The second-order valence-corrected chi connectivity index (χ2v) is 4.48. The van der Waals surface area contributed by atoms with Gasteiger partial charge in [-0.1, -0.05) is 48.5 Å². The first-order valence-electron chi connectivity index (χ1n) is 6.43. The molecule has 0 atom stereocenters. The first kappa shape index (κ1) is 12.5. The van der Waals surface area contributed by atoms with Crippen molar-refractivity contribution < 1.29 is 5.11 Å². The molecule has 3 aromatic rings. The van der Waals surface area contributed by atoms with Gasteiger partial charge in [0.15, 0.2) is 0 Å². The van der Waals surface area contributed by atoms with Gasteiger partial charge in [0.25, 0.3) is 0 Å². The Bertz CT molecular complexity index is 639. The standard InChI is InChI=1S/C17H14N2O/c20-11-17-15(13-5-2-1-3-6-13)7-4-8-16(17)14-9-18-12-19-10-14/h1-10,12,20H,11H2. The molecule has 3 rings (SSSR count). The molecule has 0 aliphatic rings. The summed E-state index contributed by atoms with van der Waals surface area (Å²) in [6, 6.07) is 16.1. The number of nitrogens with zero attached hydrogens (tertiary/aromatic N) is 2. The van der Waals surface area contributed by atoms with E-state index >= 15 is 0 Å². The zero-order valence-electron chi connectivity index (χ0n) is 10.9. The fraction of sp³-hybridized carbons (Fsp3) is 0.0588. The van der Waals surface area contributed by atoms with E-state index in [0.29, 0.717) is 0 Å². The zero-order chi connectivity index (χ0) is 13.8. The SMILES string of the molecule is OCc1c(-c2ccccc2)cccc1-c1cncnc1. The predicted octanol–water partition coefficient (Wildman–Crippen LogP) is 3.30. The van der Waals surface area contributed by atoms with Crippen molar-refractivity contribution in [1.29, 1.82) is 0 Å². The second-order valence-electron chi connectivity index (χ2n) is 4.48. The van der Waals surface area contributed by atoms with Gasteiger partial charge in [-0.25, -0.2) is 9.97 Å². The highest BCUT2D eigenvalue weighted by Crippen LogP contribution is 2.31. The molecular formula is C17H14N2O. The molecule has 0 fully saturated rings. The molecule has 0 amide bonds. The Kier molecular flexibility index (Phi) is 3.52. The molecule has 1 heterocycles. The fourth-order valence-corrected chi connectivity index (χ4v) is 2.35. The monoisotopic (exact) mass is 262 g/mol. The van der Waals surface area contributed by atoms with E-state index in [0.717, 1.165) is 27.8 Å². The lowest BCUT2D eigenvalue weighted by Crippen LogP contribution is -1.94. The van der Waals surface area contributed by atoms with Crippen molar-refractivity contribution in [3.63, 3.8) is 0 Å². The van der Waals surface area contributed by atoms with Crippen molar-refractivity contribution in [2.24, 2.45) is 0 Å². The summed E-state index contributed by atoms with van der Waals surface area (Å²) in [6.45, 7) is -0.0186. The van der Waals surface area contributed by atoms with Crippen LogP contribution >= 0.6 is 0 Å². The highest BCUT2D eigenvalue weighted by Gasteiger charge is 2.10. The summed E-state index contributed by atoms with van der Waals surface area (Å²) in [6.07, 6.45) is 5.02. The minimum atomic E-state index is -0.0186. The van der Waals surface area contributed by atoms with E-state index in [1.54, 1.807) is 12.4 Å². The van der Waals surface area contributed by atoms with Gasteiger partial charge in [-0.15, -0.1) is 0 Å². The van der Waals surface area contributed by atoms with Crippen molar-refractivity contribution in [3.8, 4) is 22.3 Å². The van der Waals surface area contributed by atoms with E-state index in [4.69, 9.17) is 0 Å². The molecule has 0 aliphatic heterocycles. The Balaban J connectivity index is 2.19. The minimum Gasteiger partial charge on any atom is -0.392 e. The van der Waals surface area contributed by atoms with Gasteiger partial charge in [0.05, 0.1) is 6.61 Å². The fourth-order valence-electron chi connectivity index (χ4n) is 2.35. The lowest BCUT2D eigenvalue weighted by Gasteiger charge is -2.13. The summed E-state index contributed by atoms with van der Waals surface area (Å²) in [5.74, 6) is 0. The van der Waals surface area contributed by atoms with Crippen LogP contribution in [-0.4, -0.2) is 15.1 Å². The van der Waals surface area contributed by atoms with Crippen molar-refractivity contribution in [2.45, 2.75) is 6.61 Å². The molecule has 0 saturated heterocycles. The Morgan fingerprint density at radius 3 is 2.05 bits per heavy atom. The van der Waals surface area contributed by atoms with Gasteiger partial charge in [0.2, 0.25) is 0 Å². The van der Waals surface area contributed by atoms with Crippen LogP contribution < -0.4 is 0 Å². The smallest absolute Gasteiger partial charge is 0.115 e. The maximum Gasteiger partial charge on any atom is 0.115 e. The topological polar surface area (TPSA) is 46.0 Å². The molecular weight excluding hydrogens is 248 g/mol. The van der Waals surface area contributed by atoms with E-state index in [2.05, 4.69) is 9.97 Å². The van der Waals surface area contributed by atoms with Gasteiger partial charge in [0.1, 0.15) is 6.33 Å². The van der Waals surface area contributed by atoms with Crippen LogP contribution in [0.4, 0.5) is 0 Å². The van der Waals surface area contributed by atoms with Crippen LogP contribution in [-0.2, 0) is 6.61 Å². The van der Waals surface area contributed by atoms with Gasteiger partial charge < -0.3 is 5.11 Å². The maximum absolute atomic E-state index is 9.78. The molecule has 3 nitrogen and oxygen atoms in total. The number of aliphatic hydroxyl groups excluding tert-OH is 1. The molecule has 0 bridgehead atoms. The average Bonchev–Trinajstić information content (AvgIpc) is 2.55. The van der Waals surface area contributed by atoms with Crippen LogP contribution in [0.15, 0.2) is 67.3 Å². The van der Waals surface area contributed by atoms with Crippen LogP contribution in [0.25, 0.3) is 22.3 Å². The third-order valence-electron chi connectivity index (χ3n) is 3.29. The number of benzene rings is 2. The van der Waals surface area contributed by atoms with Crippen molar-refractivity contribution in [2.75, 3.05) is 0 Å². The Hall–Kier alpha value is -2.52.